The van der Waals surface area contributed by atoms with Gasteiger partial charge in [-0.3, -0.25) is 14.6 Å². The molecule has 28 heavy (non-hydrogen) atoms. The number of aromatic nitrogens is 2. The summed E-state index contributed by atoms with van der Waals surface area (Å²) in [6.45, 7) is 3.49. The molecule has 0 spiro atoms. The van der Waals surface area contributed by atoms with Crippen LogP contribution in [0.25, 0.3) is 0 Å². The third kappa shape index (κ3) is 6.64. The zero-order valence-electron chi connectivity index (χ0n) is 15.5. The van der Waals surface area contributed by atoms with E-state index in [0.717, 1.165) is 5.56 Å². The third-order valence-corrected chi connectivity index (χ3v) is 3.97. The van der Waals surface area contributed by atoms with Crippen molar-refractivity contribution in [3.63, 3.8) is 0 Å². The van der Waals surface area contributed by atoms with E-state index in [0.29, 0.717) is 12.2 Å². The van der Waals surface area contributed by atoms with Gasteiger partial charge in [-0.1, -0.05) is 6.92 Å². The van der Waals surface area contributed by atoms with E-state index >= 15 is 0 Å². The molecular weight excluding hydrogens is 373 g/mol. The monoisotopic (exact) mass is 394 g/mol. The molecule has 0 aromatic carbocycles. The first-order valence-electron chi connectivity index (χ1n) is 8.76. The number of nitrogens with zero attached hydrogens (tertiary/aromatic N) is 2. The standard InChI is InChI=1S/C19H21F3N4O2/c1-3-17(27)26-16-10-13(7-9-23-16)12(2)25-18(28)14-4-5-15(24-11-14)6-8-19(20,21)22/h4-5,7,9-12H,3,6,8H2,1-2H3,(H,25,28)(H,23,26,27). The minimum absolute atomic E-state index is 0.168. The Balaban J connectivity index is 1.98. The van der Waals surface area contributed by atoms with E-state index < -0.39 is 18.5 Å². The molecule has 0 saturated carbocycles. The SMILES string of the molecule is CCC(=O)Nc1cc(C(C)NC(=O)c2ccc(CCC(F)(F)F)nc2)ccn1. The lowest BCUT2D eigenvalue weighted by molar-refractivity contribution is -0.134. The maximum absolute atomic E-state index is 12.3. The molecule has 2 amide bonds. The van der Waals surface area contributed by atoms with Crippen LogP contribution in [0.4, 0.5) is 19.0 Å². The van der Waals surface area contributed by atoms with Crippen LogP contribution < -0.4 is 10.6 Å². The molecule has 0 bridgehead atoms. The molecule has 9 heteroatoms. The maximum Gasteiger partial charge on any atom is 0.389 e. The summed E-state index contributed by atoms with van der Waals surface area (Å²) in [5.74, 6) is -0.183. The van der Waals surface area contributed by atoms with Crippen molar-refractivity contribution in [3.8, 4) is 0 Å². The van der Waals surface area contributed by atoms with Crippen LogP contribution in [0.3, 0.4) is 0 Å². The number of rotatable bonds is 7. The fourth-order valence-electron chi connectivity index (χ4n) is 2.36. The third-order valence-electron chi connectivity index (χ3n) is 3.97. The van der Waals surface area contributed by atoms with Gasteiger partial charge in [0.2, 0.25) is 5.91 Å². The highest BCUT2D eigenvalue weighted by Crippen LogP contribution is 2.21. The smallest absolute Gasteiger partial charge is 0.345 e. The van der Waals surface area contributed by atoms with Crippen molar-refractivity contribution in [2.45, 2.75) is 45.3 Å². The first kappa shape index (κ1) is 21.3. The average molecular weight is 394 g/mol. The van der Waals surface area contributed by atoms with Gasteiger partial charge >= 0.3 is 6.18 Å². The minimum atomic E-state index is -4.24. The zero-order valence-corrected chi connectivity index (χ0v) is 15.5. The van der Waals surface area contributed by atoms with Crippen molar-refractivity contribution in [2.75, 3.05) is 5.32 Å². The summed E-state index contributed by atoms with van der Waals surface area (Å²) < 4.78 is 36.8. The minimum Gasteiger partial charge on any atom is -0.345 e. The van der Waals surface area contributed by atoms with Crippen LogP contribution in [0.2, 0.25) is 0 Å². The number of aryl methyl sites for hydroxylation is 1. The Morgan fingerprint density at radius 1 is 1.18 bits per heavy atom. The van der Waals surface area contributed by atoms with Crippen LogP contribution in [-0.4, -0.2) is 28.0 Å². The predicted molar refractivity (Wildman–Crippen MR) is 97.7 cm³/mol. The molecule has 2 heterocycles. The molecule has 0 saturated heterocycles. The van der Waals surface area contributed by atoms with Gasteiger partial charge in [0.25, 0.3) is 5.91 Å². The number of nitrogens with one attached hydrogen (secondary N) is 2. The van der Waals surface area contributed by atoms with Gasteiger partial charge in [0.1, 0.15) is 5.82 Å². The first-order chi connectivity index (χ1) is 13.2. The molecule has 150 valence electrons. The largest absolute Gasteiger partial charge is 0.389 e. The fraction of sp³-hybridized carbons (Fsp3) is 0.368. The van der Waals surface area contributed by atoms with Crippen LogP contribution >= 0.6 is 0 Å². The van der Waals surface area contributed by atoms with Crippen LogP contribution in [-0.2, 0) is 11.2 Å². The second kappa shape index (κ2) is 9.29. The lowest BCUT2D eigenvalue weighted by atomic mass is 10.1. The summed E-state index contributed by atoms with van der Waals surface area (Å²) in [5, 5.41) is 5.43. The second-order valence-electron chi connectivity index (χ2n) is 6.22. The Kier molecular flexibility index (Phi) is 7.08. The van der Waals surface area contributed by atoms with Gasteiger partial charge in [-0.2, -0.15) is 13.2 Å². The zero-order chi connectivity index (χ0) is 20.7. The highest BCUT2D eigenvalue weighted by molar-refractivity contribution is 5.94. The molecule has 6 nitrogen and oxygen atoms in total. The molecule has 1 atom stereocenters. The molecule has 2 N–H and O–H groups in total. The number of hydrogen-bond acceptors (Lipinski definition) is 4. The van der Waals surface area contributed by atoms with Crippen LogP contribution in [0.5, 0.6) is 0 Å². The summed E-state index contributed by atoms with van der Waals surface area (Å²) in [4.78, 5) is 31.8. The Morgan fingerprint density at radius 2 is 1.93 bits per heavy atom. The topological polar surface area (TPSA) is 84.0 Å². The number of carbonyl (C=O) groups is 2. The van der Waals surface area contributed by atoms with E-state index in [-0.39, 0.29) is 29.6 Å². The average Bonchev–Trinajstić information content (AvgIpc) is 2.66. The quantitative estimate of drug-likeness (QED) is 0.748. The van der Waals surface area contributed by atoms with Gasteiger partial charge in [-0.15, -0.1) is 0 Å². The Hall–Kier alpha value is -2.97. The van der Waals surface area contributed by atoms with E-state index in [1.165, 1.54) is 24.5 Å². The number of hydrogen-bond donors (Lipinski definition) is 2. The molecule has 0 radical (unpaired) electrons. The van der Waals surface area contributed by atoms with Crippen molar-refractivity contribution in [2.24, 2.45) is 0 Å². The lowest BCUT2D eigenvalue weighted by Gasteiger charge is -2.15. The van der Waals surface area contributed by atoms with Gasteiger partial charge in [-0.25, -0.2) is 4.98 Å². The predicted octanol–water partition coefficient (Wildman–Crippen LogP) is 3.81. The summed E-state index contributed by atoms with van der Waals surface area (Å²) >= 11 is 0. The Labute approximate surface area is 160 Å². The number of amides is 2. The summed E-state index contributed by atoms with van der Waals surface area (Å²) in [7, 11) is 0. The lowest BCUT2D eigenvalue weighted by Crippen LogP contribution is -2.27. The van der Waals surface area contributed by atoms with E-state index in [1.807, 2.05) is 0 Å². The molecule has 0 aliphatic rings. The van der Waals surface area contributed by atoms with Gasteiger partial charge in [0, 0.05) is 30.9 Å². The molecule has 2 rings (SSSR count). The van der Waals surface area contributed by atoms with Crippen molar-refractivity contribution < 1.29 is 22.8 Å². The Bertz CT molecular complexity index is 823. The second-order valence-corrected chi connectivity index (χ2v) is 6.22. The van der Waals surface area contributed by atoms with E-state index in [2.05, 4.69) is 20.6 Å². The molecular formula is C19H21F3N4O2. The molecule has 0 fully saturated rings. The van der Waals surface area contributed by atoms with Gasteiger partial charge < -0.3 is 10.6 Å². The summed E-state index contributed by atoms with van der Waals surface area (Å²) in [5.41, 5.74) is 1.26. The molecule has 0 aliphatic carbocycles. The number of carbonyl (C=O) groups excluding carboxylic acids is 2. The Morgan fingerprint density at radius 3 is 2.54 bits per heavy atom. The van der Waals surface area contributed by atoms with Crippen molar-refractivity contribution >= 4 is 17.6 Å². The van der Waals surface area contributed by atoms with Crippen molar-refractivity contribution in [3.05, 3.63) is 53.5 Å². The number of pyridine rings is 2. The van der Waals surface area contributed by atoms with Crippen molar-refractivity contribution in [1.82, 2.24) is 15.3 Å². The summed E-state index contributed by atoms with van der Waals surface area (Å²) in [6.07, 6.45) is -2.32. The number of anilines is 1. The number of alkyl halides is 3. The fourth-order valence-corrected chi connectivity index (χ4v) is 2.36. The molecule has 0 aliphatic heterocycles. The molecule has 2 aromatic rings. The first-order valence-corrected chi connectivity index (χ1v) is 8.76. The normalized spacial score (nSPS) is 12.3. The summed E-state index contributed by atoms with van der Waals surface area (Å²) in [6, 6.07) is 5.86. The molecule has 1 unspecified atom stereocenters. The van der Waals surface area contributed by atoms with E-state index in [9.17, 15) is 22.8 Å². The highest BCUT2D eigenvalue weighted by Gasteiger charge is 2.26. The van der Waals surface area contributed by atoms with Crippen LogP contribution in [0, 0.1) is 0 Å². The van der Waals surface area contributed by atoms with Gasteiger partial charge in [-0.05, 0) is 43.2 Å². The van der Waals surface area contributed by atoms with Crippen molar-refractivity contribution in [1.29, 1.82) is 0 Å². The van der Waals surface area contributed by atoms with Gasteiger partial charge in [0.05, 0.1) is 11.6 Å². The number of halogens is 3. The van der Waals surface area contributed by atoms with Crippen LogP contribution in [0.1, 0.15) is 54.3 Å². The van der Waals surface area contributed by atoms with Crippen LogP contribution in [0.15, 0.2) is 36.7 Å². The van der Waals surface area contributed by atoms with E-state index in [1.54, 1.807) is 26.0 Å². The highest BCUT2D eigenvalue weighted by atomic mass is 19.4. The molecule has 2 aromatic heterocycles. The van der Waals surface area contributed by atoms with Gasteiger partial charge in [0.15, 0.2) is 0 Å². The van der Waals surface area contributed by atoms with E-state index in [4.69, 9.17) is 0 Å². The maximum atomic E-state index is 12.3.